The number of hydrogen-bond donors (Lipinski definition) is 1. The molecule has 1 rings (SSSR count). The fraction of sp³-hybridized carbons (Fsp3) is 1.00. The van der Waals surface area contributed by atoms with Gasteiger partial charge in [-0.25, -0.2) is 13.1 Å². The molecule has 0 amide bonds. The molecule has 0 atom stereocenters. The Kier molecular flexibility index (Phi) is 6.03. The van der Waals surface area contributed by atoms with Crippen LogP contribution in [-0.2, 0) is 10.0 Å². The van der Waals surface area contributed by atoms with Crippen molar-refractivity contribution in [2.45, 2.75) is 32.2 Å². The van der Waals surface area contributed by atoms with Gasteiger partial charge in [0.1, 0.15) is 0 Å². The van der Waals surface area contributed by atoms with Crippen LogP contribution in [0.2, 0.25) is 0 Å². The molecule has 1 aliphatic rings. The first-order valence-electron chi connectivity index (χ1n) is 5.86. The summed E-state index contributed by atoms with van der Waals surface area (Å²) in [4.78, 5) is 2.32. The summed E-state index contributed by atoms with van der Waals surface area (Å²) in [7, 11) is -3.11. The molecule has 0 aromatic carbocycles. The highest BCUT2D eigenvalue weighted by molar-refractivity contribution is 7.89. The number of likely N-dealkylation sites (N-methyl/N-ethyl adjacent to an activating group) is 1. The molecule has 96 valence electrons. The maximum absolute atomic E-state index is 11.5. The lowest BCUT2D eigenvalue weighted by Gasteiger charge is -2.19. The fourth-order valence-electron chi connectivity index (χ4n) is 1.70. The molecular formula is C10H21ClN2O2S. The molecule has 0 aliphatic heterocycles. The Hall–Kier alpha value is 0.160. The Labute approximate surface area is 103 Å². The maximum atomic E-state index is 11.5. The third-order valence-electron chi connectivity index (χ3n) is 2.74. The summed E-state index contributed by atoms with van der Waals surface area (Å²) >= 11 is 5.46. The van der Waals surface area contributed by atoms with Crippen LogP contribution in [0.3, 0.4) is 0 Å². The Morgan fingerprint density at radius 3 is 2.62 bits per heavy atom. The van der Waals surface area contributed by atoms with Crippen LogP contribution in [0.15, 0.2) is 0 Å². The van der Waals surface area contributed by atoms with Gasteiger partial charge in [0.2, 0.25) is 10.0 Å². The zero-order valence-electron chi connectivity index (χ0n) is 9.78. The van der Waals surface area contributed by atoms with Crippen LogP contribution in [0.1, 0.15) is 26.2 Å². The van der Waals surface area contributed by atoms with Gasteiger partial charge >= 0.3 is 0 Å². The highest BCUT2D eigenvalue weighted by Gasteiger charge is 2.27. The highest BCUT2D eigenvalue weighted by atomic mass is 35.5. The normalized spacial score (nSPS) is 16.9. The summed E-state index contributed by atoms with van der Waals surface area (Å²) in [6, 6.07) is 0.692. The molecule has 1 N–H and O–H groups in total. The molecule has 0 bridgehead atoms. The molecule has 1 aliphatic carbocycles. The summed E-state index contributed by atoms with van der Waals surface area (Å²) in [6.45, 7) is 4.42. The Morgan fingerprint density at radius 2 is 2.12 bits per heavy atom. The molecular weight excluding hydrogens is 248 g/mol. The van der Waals surface area contributed by atoms with E-state index in [4.69, 9.17) is 11.6 Å². The van der Waals surface area contributed by atoms with Gasteiger partial charge in [0.05, 0.1) is 5.75 Å². The second-order valence-electron chi connectivity index (χ2n) is 4.12. The van der Waals surface area contributed by atoms with E-state index < -0.39 is 10.0 Å². The molecule has 0 saturated heterocycles. The van der Waals surface area contributed by atoms with Crippen molar-refractivity contribution in [3.8, 4) is 0 Å². The molecule has 0 aromatic rings. The lowest BCUT2D eigenvalue weighted by molar-refractivity contribution is 0.282. The number of alkyl halides is 1. The minimum absolute atomic E-state index is 0.131. The number of rotatable bonds is 9. The van der Waals surface area contributed by atoms with Crippen LogP contribution >= 0.6 is 11.6 Å². The second kappa shape index (κ2) is 6.79. The minimum atomic E-state index is -3.11. The smallest absolute Gasteiger partial charge is 0.211 e. The number of halogens is 1. The predicted molar refractivity (Wildman–Crippen MR) is 67.4 cm³/mol. The van der Waals surface area contributed by atoms with E-state index in [-0.39, 0.29) is 5.75 Å². The van der Waals surface area contributed by atoms with Crippen molar-refractivity contribution in [3.05, 3.63) is 0 Å². The van der Waals surface area contributed by atoms with E-state index in [9.17, 15) is 8.42 Å². The van der Waals surface area contributed by atoms with Gasteiger partial charge in [0, 0.05) is 25.0 Å². The molecule has 16 heavy (non-hydrogen) atoms. The topological polar surface area (TPSA) is 49.4 Å². The van der Waals surface area contributed by atoms with Gasteiger partial charge in [-0.15, -0.1) is 11.6 Å². The van der Waals surface area contributed by atoms with Gasteiger partial charge in [-0.2, -0.15) is 0 Å². The third kappa shape index (κ3) is 5.48. The third-order valence-corrected chi connectivity index (χ3v) is 4.47. The minimum Gasteiger partial charge on any atom is -0.299 e. The van der Waals surface area contributed by atoms with Crippen LogP contribution in [0.5, 0.6) is 0 Å². The van der Waals surface area contributed by atoms with Crippen molar-refractivity contribution in [1.29, 1.82) is 0 Å². The number of sulfonamides is 1. The average molecular weight is 269 g/mol. The lowest BCUT2D eigenvalue weighted by Crippen LogP contribution is -2.37. The first-order chi connectivity index (χ1) is 7.59. The monoisotopic (exact) mass is 268 g/mol. The number of hydrogen-bond acceptors (Lipinski definition) is 3. The van der Waals surface area contributed by atoms with E-state index in [2.05, 4.69) is 16.5 Å². The summed E-state index contributed by atoms with van der Waals surface area (Å²) in [5, 5.41) is 0. The van der Waals surface area contributed by atoms with Crippen molar-refractivity contribution in [2.75, 3.05) is 31.3 Å². The quantitative estimate of drug-likeness (QED) is 0.635. The summed E-state index contributed by atoms with van der Waals surface area (Å²) in [5.41, 5.74) is 0. The van der Waals surface area contributed by atoms with Crippen LogP contribution in [0.4, 0.5) is 0 Å². The van der Waals surface area contributed by atoms with Crippen molar-refractivity contribution < 1.29 is 8.42 Å². The van der Waals surface area contributed by atoms with Gasteiger partial charge in [0.25, 0.3) is 0 Å². The summed E-state index contributed by atoms with van der Waals surface area (Å²) < 4.78 is 25.5. The van der Waals surface area contributed by atoms with E-state index in [0.29, 0.717) is 24.9 Å². The van der Waals surface area contributed by atoms with E-state index >= 15 is 0 Å². The fourth-order valence-corrected chi connectivity index (χ4v) is 3.06. The standard InChI is InChI=1S/C10H21ClN2O2S/c1-2-13(10-4-5-10)8-7-12-16(14,15)9-3-6-11/h10,12H,2-9H2,1H3. The Morgan fingerprint density at radius 1 is 1.44 bits per heavy atom. The molecule has 1 fully saturated rings. The zero-order valence-corrected chi connectivity index (χ0v) is 11.4. The average Bonchev–Trinajstić information content (AvgIpc) is 3.05. The Bertz CT molecular complexity index is 291. The SMILES string of the molecule is CCN(CCNS(=O)(=O)CCCCl)C1CC1. The van der Waals surface area contributed by atoms with Crippen molar-refractivity contribution >= 4 is 21.6 Å². The van der Waals surface area contributed by atoms with E-state index in [0.717, 1.165) is 13.1 Å². The summed E-state index contributed by atoms with van der Waals surface area (Å²) in [5.74, 6) is 0.524. The van der Waals surface area contributed by atoms with Gasteiger partial charge in [-0.1, -0.05) is 6.92 Å². The molecule has 4 nitrogen and oxygen atoms in total. The first kappa shape index (κ1) is 14.2. The largest absolute Gasteiger partial charge is 0.299 e. The predicted octanol–water partition coefficient (Wildman–Crippen LogP) is 1.02. The zero-order chi connectivity index (χ0) is 12.0. The lowest BCUT2D eigenvalue weighted by atomic mass is 10.4. The molecule has 0 unspecified atom stereocenters. The number of nitrogens with one attached hydrogen (secondary N) is 1. The van der Waals surface area contributed by atoms with E-state index in [1.807, 2.05) is 0 Å². The van der Waals surface area contributed by atoms with Gasteiger partial charge in [-0.05, 0) is 25.8 Å². The van der Waals surface area contributed by atoms with Crippen LogP contribution in [-0.4, -0.2) is 50.6 Å². The van der Waals surface area contributed by atoms with Gasteiger partial charge < -0.3 is 0 Å². The molecule has 0 radical (unpaired) electrons. The first-order valence-corrected chi connectivity index (χ1v) is 8.05. The molecule has 0 spiro atoms. The van der Waals surface area contributed by atoms with E-state index in [1.165, 1.54) is 12.8 Å². The van der Waals surface area contributed by atoms with Gasteiger partial charge in [-0.3, -0.25) is 4.90 Å². The van der Waals surface area contributed by atoms with Crippen LogP contribution in [0.25, 0.3) is 0 Å². The molecule has 0 heterocycles. The van der Waals surface area contributed by atoms with Crippen molar-refractivity contribution in [1.82, 2.24) is 9.62 Å². The second-order valence-corrected chi connectivity index (χ2v) is 6.42. The molecule has 0 aromatic heterocycles. The van der Waals surface area contributed by atoms with Crippen molar-refractivity contribution in [2.24, 2.45) is 0 Å². The highest BCUT2D eigenvalue weighted by Crippen LogP contribution is 2.25. The maximum Gasteiger partial charge on any atom is 0.211 e. The van der Waals surface area contributed by atoms with Crippen LogP contribution in [0, 0.1) is 0 Å². The molecule has 1 saturated carbocycles. The number of nitrogens with zero attached hydrogens (tertiary/aromatic N) is 1. The Balaban J connectivity index is 2.17. The van der Waals surface area contributed by atoms with Crippen LogP contribution < -0.4 is 4.72 Å². The van der Waals surface area contributed by atoms with Gasteiger partial charge in [0.15, 0.2) is 0 Å². The van der Waals surface area contributed by atoms with Crippen molar-refractivity contribution in [3.63, 3.8) is 0 Å². The van der Waals surface area contributed by atoms with E-state index in [1.54, 1.807) is 0 Å². The molecule has 6 heteroatoms. The summed E-state index contributed by atoms with van der Waals surface area (Å²) in [6.07, 6.45) is 3.02.